The van der Waals surface area contributed by atoms with Gasteiger partial charge in [0.1, 0.15) is 0 Å². The summed E-state index contributed by atoms with van der Waals surface area (Å²) in [5.41, 5.74) is 15.5. The minimum Gasteiger partial charge on any atom is -0.309 e. The van der Waals surface area contributed by atoms with Gasteiger partial charge in [-0.25, -0.2) is 0 Å². The van der Waals surface area contributed by atoms with E-state index in [2.05, 4.69) is 238 Å². The first-order valence-corrected chi connectivity index (χ1v) is 21.0. The van der Waals surface area contributed by atoms with Crippen LogP contribution in [0.25, 0.3) is 116 Å². The fraction of sp³-hybridized carbons (Fsp3) is 0. The van der Waals surface area contributed by atoms with Crippen molar-refractivity contribution < 1.29 is 0 Å². The molecule has 0 aliphatic carbocycles. The minimum absolute atomic E-state index is 1.14. The summed E-state index contributed by atoms with van der Waals surface area (Å²) in [6.07, 6.45) is 0. The summed E-state index contributed by atoms with van der Waals surface area (Å²) in [5.74, 6) is 0. The Morgan fingerprint density at radius 3 is 1.41 bits per heavy atom. The highest BCUT2D eigenvalue weighted by Crippen LogP contribution is 2.44. The lowest BCUT2D eigenvalue weighted by Crippen LogP contribution is -1.95. The Morgan fingerprint density at radius 1 is 0.230 bits per heavy atom. The Bertz CT molecular complexity index is 3840. The van der Waals surface area contributed by atoms with E-state index in [9.17, 15) is 0 Å². The van der Waals surface area contributed by atoms with E-state index in [0.29, 0.717) is 0 Å². The normalized spacial score (nSPS) is 11.9. The molecule has 3 aromatic heterocycles. The molecule has 0 unspecified atom stereocenters. The molecule has 0 saturated carbocycles. The highest BCUT2D eigenvalue weighted by Gasteiger charge is 2.22. The van der Waals surface area contributed by atoms with Crippen LogP contribution in [0.4, 0.5) is 0 Å². The van der Waals surface area contributed by atoms with E-state index in [-0.39, 0.29) is 0 Å². The molecule has 13 rings (SSSR count). The van der Waals surface area contributed by atoms with Gasteiger partial charge in [-0.1, -0.05) is 146 Å². The highest BCUT2D eigenvalue weighted by molar-refractivity contribution is 6.29. The highest BCUT2D eigenvalue weighted by atomic mass is 15.0. The van der Waals surface area contributed by atoms with Gasteiger partial charge < -0.3 is 13.7 Å². The molecule has 0 saturated heterocycles. The molecule has 3 heterocycles. The number of benzene rings is 10. The van der Waals surface area contributed by atoms with Crippen molar-refractivity contribution >= 4 is 76.2 Å². The average Bonchev–Trinajstić information content (AvgIpc) is 3.97. The van der Waals surface area contributed by atoms with E-state index in [0.717, 1.165) is 11.4 Å². The number of nitrogens with zero attached hydrogens (tertiary/aromatic N) is 3. The molecule has 3 nitrogen and oxygen atoms in total. The van der Waals surface area contributed by atoms with E-state index >= 15 is 0 Å². The SMILES string of the molecule is c1ccc(-c2ccc(-n3c4ccc(-c5ccc6c(c5)c5ccccc5n6-c5cccc6ccccc56)cc4c4c5c6ccccc6n(-c6ccccc6)c5ccc43)cc2)cc1. The van der Waals surface area contributed by atoms with Crippen LogP contribution >= 0.6 is 0 Å². The summed E-state index contributed by atoms with van der Waals surface area (Å²) in [5, 5.41) is 10.00. The number of rotatable bonds is 5. The molecule has 0 radical (unpaired) electrons. The van der Waals surface area contributed by atoms with Crippen molar-refractivity contribution in [3.8, 4) is 39.3 Å². The first kappa shape index (κ1) is 33.8. The third kappa shape index (κ3) is 5.04. The molecule has 284 valence electrons. The summed E-state index contributed by atoms with van der Waals surface area (Å²) in [7, 11) is 0. The molecular formula is C58H37N3. The van der Waals surface area contributed by atoms with Crippen molar-refractivity contribution in [2.45, 2.75) is 0 Å². The Labute approximate surface area is 352 Å². The van der Waals surface area contributed by atoms with Gasteiger partial charge in [-0.05, 0) is 107 Å². The second-order valence-corrected chi connectivity index (χ2v) is 16.1. The zero-order chi connectivity index (χ0) is 40.0. The van der Waals surface area contributed by atoms with Gasteiger partial charge in [0, 0.05) is 49.1 Å². The van der Waals surface area contributed by atoms with Gasteiger partial charge in [0.25, 0.3) is 0 Å². The van der Waals surface area contributed by atoms with Crippen LogP contribution in [-0.2, 0) is 0 Å². The van der Waals surface area contributed by atoms with Crippen LogP contribution in [0, 0.1) is 0 Å². The second-order valence-electron chi connectivity index (χ2n) is 16.1. The molecule has 0 aliphatic heterocycles. The Morgan fingerprint density at radius 2 is 0.689 bits per heavy atom. The fourth-order valence-corrected chi connectivity index (χ4v) is 10.1. The van der Waals surface area contributed by atoms with Gasteiger partial charge in [-0.3, -0.25) is 0 Å². The van der Waals surface area contributed by atoms with Crippen LogP contribution in [0.3, 0.4) is 0 Å². The van der Waals surface area contributed by atoms with Gasteiger partial charge in [0.2, 0.25) is 0 Å². The predicted octanol–water partition coefficient (Wildman–Crippen LogP) is 15.5. The number of hydrogen-bond donors (Lipinski definition) is 0. The molecule has 0 fully saturated rings. The quantitative estimate of drug-likeness (QED) is 0.165. The van der Waals surface area contributed by atoms with E-state index in [1.807, 2.05) is 0 Å². The summed E-state index contributed by atoms with van der Waals surface area (Å²) in [6, 6.07) is 82.2. The number of hydrogen-bond acceptors (Lipinski definition) is 0. The maximum absolute atomic E-state index is 2.46. The second kappa shape index (κ2) is 13.2. The number of para-hydroxylation sites is 3. The molecule has 0 bridgehead atoms. The molecule has 61 heavy (non-hydrogen) atoms. The standard InChI is InChI=1S/C58H37N3/c1-3-14-38(15-4-1)39-26-30-44(31-27-39)60-54-33-29-42(37-49(54)58-56(60)35-34-55-57(58)47-22-10-12-24-52(47)59(55)43-18-5-2-6-19-43)41-28-32-53-48(36-41)46-21-9-11-23-51(46)61(53)50-25-13-17-40-16-7-8-20-45(40)50/h1-37H. The molecule has 13 aromatic rings. The first-order chi connectivity index (χ1) is 30.3. The summed E-state index contributed by atoms with van der Waals surface area (Å²) >= 11 is 0. The summed E-state index contributed by atoms with van der Waals surface area (Å²) in [6.45, 7) is 0. The maximum atomic E-state index is 2.46. The third-order valence-electron chi connectivity index (χ3n) is 12.8. The summed E-state index contributed by atoms with van der Waals surface area (Å²) < 4.78 is 7.32. The van der Waals surface area contributed by atoms with Crippen LogP contribution in [0.1, 0.15) is 0 Å². The van der Waals surface area contributed by atoms with Gasteiger partial charge in [0.05, 0.1) is 38.8 Å². The van der Waals surface area contributed by atoms with Gasteiger partial charge in [-0.2, -0.15) is 0 Å². The predicted molar refractivity (Wildman–Crippen MR) is 258 cm³/mol. The zero-order valence-electron chi connectivity index (χ0n) is 33.2. The smallest absolute Gasteiger partial charge is 0.0548 e. The Balaban J connectivity index is 1.07. The topological polar surface area (TPSA) is 14.8 Å². The van der Waals surface area contributed by atoms with Crippen molar-refractivity contribution in [1.82, 2.24) is 13.7 Å². The van der Waals surface area contributed by atoms with Crippen molar-refractivity contribution in [2.75, 3.05) is 0 Å². The van der Waals surface area contributed by atoms with E-state index in [4.69, 9.17) is 0 Å². The molecular weight excluding hydrogens is 739 g/mol. The van der Waals surface area contributed by atoms with E-state index in [1.54, 1.807) is 0 Å². The largest absolute Gasteiger partial charge is 0.309 e. The molecule has 0 amide bonds. The molecule has 10 aromatic carbocycles. The van der Waals surface area contributed by atoms with E-state index < -0.39 is 0 Å². The zero-order valence-corrected chi connectivity index (χ0v) is 33.2. The third-order valence-corrected chi connectivity index (χ3v) is 12.8. The van der Waals surface area contributed by atoms with Crippen LogP contribution in [0.5, 0.6) is 0 Å². The first-order valence-electron chi connectivity index (χ1n) is 21.0. The molecule has 0 aliphatic rings. The van der Waals surface area contributed by atoms with Crippen LogP contribution in [-0.4, -0.2) is 13.7 Å². The average molecular weight is 776 g/mol. The van der Waals surface area contributed by atoms with Gasteiger partial charge in [-0.15, -0.1) is 0 Å². The van der Waals surface area contributed by atoms with Crippen LogP contribution < -0.4 is 0 Å². The molecule has 0 N–H and O–H groups in total. The number of aromatic nitrogens is 3. The minimum atomic E-state index is 1.14. The fourth-order valence-electron chi connectivity index (χ4n) is 10.1. The van der Waals surface area contributed by atoms with Crippen molar-refractivity contribution in [2.24, 2.45) is 0 Å². The Kier molecular flexibility index (Phi) is 7.31. The lowest BCUT2D eigenvalue weighted by Gasteiger charge is -2.12. The van der Waals surface area contributed by atoms with Crippen LogP contribution in [0.15, 0.2) is 224 Å². The lowest BCUT2D eigenvalue weighted by molar-refractivity contribution is 1.17. The van der Waals surface area contributed by atoms with Crippen molar-refractivity contribution in [3.05, 3.63) is 224 Å². The van der Waals surface area contributed by atoms with E-state index in [1.165, 1.54) is 104 Å². The molecule has 0 spiro atoms. The maximum Gasteiger partial charge on any atom is 0.0548 e. The van der Waals surface area contributed by atoms with Crippen LogP contribution in [0.2, 0.25) is 0 Å². The molecule has 3 heteroatoms. The van der Waals surface area contributed by atoms with Gasteiger partial charge in [0.15, 0.2) is 0 Å². The van der Waals surface area contributed by atoms with Crippen molar-refractivity contribution in [3.63, 3.8) is 0 Å². The lowest BCUT2D eigenvalue weighted by atomic mass is 9.99. The Hall–Kier alpha value is -8.14. The number of fused-ring (bicyclic) bond motifs is 11. The van der Waals surface area contributed by atoms with Gasteiger partial charge >= 0.3 is 0 Å². The molecule has 0 atom stereocenters. The van der Waals surface area contributed by atoms with Crippen molar-refractivity contribution in [1.29, 1.82) is 0 Å². The monoisotopic (exact) mass is 775 g/mol. The summed E-state index contributed by atoms with van der Waals surface area (Å²) in [4.78, 5) is 0.